The van der Waals surface area contributed by atoms with Gasteiger partial charge in [-0.25, -0.2) is 0 Å². The van der Waals surface area contributed by atoms with Gasteiger partial charge in [-0.05, 0) is 6.42 Å². The van der Waals surface area contributed by atoms with Gasteiger partial charge in [-0.2, -0.15) is 0 Å². The van der Waals surface area contributed by atoms with E-state index in [4.69, 9.17) is 14.2 Å². The van der Waals surface area contributed by atoms with E-state index < -0.39 is 0 Å². The molecule has 15 heavy (non-hydrogen) atoms. The van der Waals surface area contributed by atoms with Crippen molar-refractivity contribution in [2.24, 2.45) is 0 Å². The molecule has 0 aliphatic carbocycles. The third-order valence-electron chi connectivity index (χ3n) is 2.62. The molecule has 2 rings (SSSR count). The number of nitrogens with one attached hydrogen (secondary N) is 1. The predicted molar refractivity (Wildman–Crippen MR) is 58.3 cm³/mol. The van der Waals surface area contributed by atoms with Crippen LogP contribution in [0.1, 0.15) is 5.56 Å². The van der Waals surface area contributed by atoms with E-state index in [2.05, 4.69) is 5.32 Å². The zero-order valence-corrected chi connectivity index (χ0v) is 9.22. The van der Waals surface area contributed by atoms with Crippen LogP contribution in [-0.4, -0.2) is 27.9 Å². The fourth-order valence-corrected chi connectivity index (χ4v) is 1.94. The van der Waals surface area contributed by atoms with Gasteiger partial charge in [0.05, 0.1) is 21.3 Å². The maximum Gasteiger partial charge on any atom is 0.203 e. The minimum Gasteiger partial charge on any atom is -0.493 e. The van der Waals surface area contributed by atoms with E-state index in [1.54, 1.807) is 21.3 Å². The molecule has 0 spiro atoms. The van der Waals surface area contributed by atoms with E-state index in [1.807, 2.05) is 6.07 Å². The molecule has 0 saturated heterocycles. The van der Waals surface area contributed by atoms with Gasteiger partial charge in [-0.1, -0.05) is 0 Å². The lowest BCUT2D eigenvalue weighted by atomic mass is 10.1. The van der Waals surface area contributed by atoms with E-state index in [9.17, 15) is 0 Å². The van der Waals surface area contributed by atoms with Gasteiger partial charge >= 0.3 is 0 Å². The first-order valence-electron chi connectivity index (χ1n) is 4.87. The summed E-state index contributed by atoms with van der Waals surface area (Å²) in [4.78, 5) is 0. The maximum absolute atomic E-state index is 5.38. The van der Waals surface area contributed by atoms with Crippen molar-refractivity contribution in [3.63, 3.8) is 0 Å². The largest absolute Gasteiger partial charge is 0.493 e. The molecule has 1 aromatic carbocycles. The maximum atomic E-state index is 5.38. The van der Waals surface area contributed by atoms with Crippen LogP contribution in [0.3, 0.4) is 0 Å². The van der Waals surface area contributed by atoms with Crippen molar-refractivity contribution in [2.45, 2.75) is 6.42 Å². The molecule has 0 fully saturated rings. The lowest BCUT2D eigenvalue weighted by molar-refractivity contribution is 0.323. The number of hydrogen-bond acceptors (Lipinski definition) is 4. The number of anilines is 1. The number of ether oxygens (including phenoxy) is 3. The van der Waals surface area contributed by atoms with Gasteiger partial charge in [-0.3, -0.25) is 0 Å². The molecule has 0 atom stereocenters. The first kappa shape index (κ1) is 9.96. The average molecular weight is 209 g/mol. The van der Waals surface area contributed by atoms with Crippen molar-refractivity contribution in [1.82, 2.24) is 0 Å². The lowest BCUT2D eigenvalue weighted by Crippen LogP contribution is -1.98. The molecule has 0 amide bonds. The Balaban J connectivity index is 2.61. The van der Waals surface area contributed by atoms with E-state index >= 15 is 0 Å². The Morgan fingerprint density at radius 3 is 2.40 bits per heavy atom. The van der Waals surface area contributed by atoms with Gasteiger partial charge in [0.25, 0.3) is 0 Å². The van der Waals surface area contributed by atoms with E-state index in [0.29, 0.717) is 11.5 Å². The van der Waals surface area contributed by atoms with Crippen LogP contribution < -0.4 is 19.5 Å². The monoisotopic (exact) mass is 209 g/mol. The third kappa shape index (κ3) is 1.46. The number of rotatable bonds is 3. The Labute approximate surface area is 89.1 Å². The minimum absolute atomic E-state index is 0.669. The summed E-state index contributed by atoms with van der Waals surface area (Å²) in [5.74, 6) is 2.14. The van der Waals surface area contributed by atoms with Crippen molar-refractivity contribution in [1.29, 1.82) is 0 Å². The fourth-order valence-electron chi connectivity index (χ4n) is 1.94. The van der Waals surface area contributed by atoms with Crippen LogP contribution in [0.5, 0.6) is 17.2 Å². The van der Waals surface area contributed by atoms with Crippen LogP contribution in [0, 0.1) is 0 Å². The highest BCUT2D eigenvalue weighted by Crippen LogP contribution is 2.45. The summed E-state index contributed by atoms with van der Waals surface area (Å²) in [5.41, 5.74) is 2.24. The van der Waals surface area contributed by atoms with Crippen LogP contribution in [-0.2, 0) is 6.42 Å². The van der Waals surface area contributed by atoms with Crippen LogP contribution in [0.15, 0.2) is 6.07 Å². The first-order valence-corrected chi connectivity index (χ1v) is 4.87. The van der Waals surface area contributed by atoms with Crippen molar-refractivity contribution in [3.8, 4) is 17.2 Å². The van der Waals surface area contributed by atoms with Crippen molar-refractivity contribution < 1.29 is 14.2 Å². The molecule has 1 aromatic rings. The SMILES string of the molecule is COc1cc2c(c(OC)c1OC)CCN2. The number of benzene rings is 1. The van der Waals surface area contributed by atoms with Gasteiger partial charge in [-0.15, -0.1) is 0 Å². The zero-order chi connectivity index (χ0) is 10.8. The second-order valence-corrected chi connectivity index (χ2v) is 3.35. The van der Waals surface area contributed by atoms with Gasteiger partial charge < -0.3 is 19.5 Å². The Bertz CT molecular complexity index is 377. The molecule has 1 aliphatic rings. The highest BCUT2D eigenvalue weighted by atomic mass is 16.5. The van der Waals surface area contributed by atoms with E-state index in [1.165, 1.54) is 0 Å². The highest BCUT2D eigenvalue weighted by Gasteiger charge is 2.23. The highest BCUT2D eigenvalue weighted by molar-refractivity contribution is 5.70. The molecular formula is C11H15NO3. The molecule has 0 radical (unpaired) electrons. The van der Waals surface area contributed by atoms with Crippen LogP contribution >= 0.6 is 0 Å². The normalized spacial score (nSPS) is 13.0. The fraction of sp³-hybridized carbons (Fsp3) is 0.455. The van der Waals surface area contributed by atoms with Crippen molar-refractivity contribution in [3.05, 3.63) is 11.6 Å². The van der Waals surface area contributed by atoms with Crippen LogP contribution in [0.4, 0.5) is 5.69 Å². The molecular weight excluding hydrogens is 194 g/mol. The number of fused-ring (bicyclic) bond motifs is 1. The molecule has 4 nitrogen and oxygen atoms in total. The molecule has 1 aliphatic heterocycles. The Morgan fingerprint density at radius 1 is 1.07 bits per heavy atom. The smallest absolute Gasteiger partial charge is 0.203 e. The molecule has 82 valence electrons. The summed E-state index contributed by atoms with van der Waals surface area (Å²) >= 11 is 0. The summed E-state index contributed by atoms with van der Waals surface area (Å²) in [5, 5.41) is 3.29. The van der Waals surface area contributed by atoms with E-state index in [-0.39, 0.29) is 0 Å². The summed E-state index contributed by atoms with van der Waals surface area (Å²) < 4.78 is 15.9. The quantitative estimate of drug-likeness (QED) is 0.822. The van der Waals surface area contributed by atoms with Gasteiger partial charge in [0.15, 0.2) is 11.5 Å². The molecule has 0 unspecified atom stereocenters. The number of hydrogen-bond donors (Lipinski definition) is 1. The zero-order valence-electron chi connectivity index (χ0n) is 9.22. The van der Waals surface area contributed by atoms with Gasteiger partial charge in [0, 0.05) is 23.9 Å². The van der Waals surface area contributed by atoms with Gasteiger partial charge in [0.1, 0.15) is 0 Å². The van der Waals surface area contributed by atoms with Crippen molar-refractivity contribution in [2.75, 3.05) is 33.2 Å². The second-order valence-electron chi connectivity index (χ2n) is 3.35. The summed E-state index contributed by atoms with van der Waals surface area (Å²) in [6.07, 6.45) is 0.957. The molecule has 0 saturated carbocycles. The molecule has 0 bridgehead atoms. The second kappa shape index (κ2) is 3.88. The Kier molecular flexibility index (Phi) is 2.58. The minimum atomic E-state index is 0.669. The lowest BCUT2D eigenvalue weighted by Gasteiger charge is -2.15. The number of methoxy groups -OCH3 is 3. The first-order chi connectivity index (χ1) is 7.31. The molecule has 1 N–H and O–H groups in total. The van der Waals surface area contributed by atoms with Crippen molar-refractivity contribution >= 4 is 5.69 Å². The molecule has 0 aromatic heterocycles. The molecule has 4 heteroatoms. The van der Waals surface area contributed by atoms with Crippen LogP contribution in [0.2, 0.25) is 0 Å². The predicted octanol–water partition coefficient (Wildman–Crippen LogP) is 1.68. The summed E-state index contributed by atoms with van der Waals surface area (Å²) in [7, 11) is 4.89. The Morgan fingerprint density at radius 2 is 1.80 bits per heavy atom. The third-order valence-corrected chi connectivity index (χ3v) is 2.62. The average Bonchev–Trinajstić information content (AvgIpc) is 2.73. The molecule has 1 heterocycles. The Hall–Kier alpha value is -1.58. The topological polar surface area (TPSA) is 39.7 Å². The van der Waals surface area contributed by atoms with E-state index in [0.717, 1.165) is 30.0 Å². The van der Waals surface area contributed by atoms with Gasteiger partial charge in [0.2, 0.25) is 5.75 Å². The summed E-state index contributed by atoms with van der Waals surface area (Å²) in [6.45, 7) is 0.933. The summed E-state index contributed by atoms with van der Waals surface area (Å²) in [6, 6.07) is 1.95. The standard InChI is InChI=1S/C11H15NO3/c1-13-9-6-8-7(4-5-12-8)10(14-2)11(9)15-3/h6,12H,4-5H2,1-3H3. The van der Waals surface area contributed by atoms with Crippen LogP contribution in [0.25, 0.3) is 0 Å².